The molecule has 1 atom stereocenters. The molecule has 0 N–H and O–H groups in total. The Bertz CT molecular complexity index is 856. The molecule has 7 heteroatoms. The summed E-state index contributed by atoms with van der Waals surface area (Å²) in [6.45, 7) is 4.96. The smallest absolute Gasteiger partial charge is 0.259 e. The Morgan fingerprint density at radius 3 is 3.04 bits per heavy atom. The van der Waals surface area contributed by atoms with Crippen molar-refractivity contribution in [1.29, 1.82) is 0 Å². The van der Waals surface area contributed by atoms with Crippen LogP contribution in [0.4, 0.5) is 0 Å². The van der Waals surface area contributed by atoms with Crippen LogP contribution >= 0.6 is 0 Å². The van der Waals surface area contributed by atoms with E-state index >= 15 is 0 Å². The van der Waals surface area contributed by atoms with E-state index in [1.165, 1.54) is 5.56 Å². The number of amides is 1. The van der Waals surface area contributed by atoms with E-state index in [4.69, 9.17) is 9.72 Å². The van der Waals surface area contributed by atoms with Gasteiger partial charge in [0.2, 0.25) is 5.88 Å². The first-order valence-corrected chi connectivity index (χ1v) is 10.1. The summed E-state index contributed by atoms with van der Waals surface area (Å²) in [6, 6.07) is 3.47. The van der Waals surface area contributed by atoms with Crippen LogP contribution in [0.2, 0.25) is 0 Å². The number of hydrogen-bond donors (Lipinski definition) is 0. The van der Waals surface area contributed by atoms with Crippen molar-refractivity contribution in [1.82, 2.24) is 24.8 Å². The van der Waals surface area contributed by atoms with Crippen molar-refractivity contribution in [2.24, 2.45) is 0 Å². The van der Waals surface area contributed by atoms with E-state index in [0.717, 1.165) is 50.3 Å². The van der Waals surface area contributed by atoms with Crippen LogP contribution in [0.3, 0.4) is 0 Å². The maximum atomic E-state index is 13.4. The standard InChI is InChI=1S/C21H27N5O2/c1-3-28-20-16(7-6-10-22-20)21(27)26-11-5-4-8-18(26)19-23-13-15-14-25(2)12-9-17(15)24-19/h6-7,10,13,18H,3-5,8-9,11-12,14H2,1-2H3/t18-/m0/s1. The highest BCUT2D eigenvalue weighted by Crippen LogP contribution is 2.32. The topological polar surface area (TPSA) is 71.5 Å². The molecule has 0 unspecified atom stereocenters. The van der Waals surface area contributed by atoms with E-state index < -0.39 is 0 Å². The van der Waals surface area contributed by atoms with Gasteiger partial charge in [0.05, 0.1) is 12.6 Å². The van der Waals surface area contributed by atoms with Gasteiger partial charge in [-0.2, -0.15) is 0 Å². The van der Waals surface area contributed by atoms with Crippen LogP contribution in [-0.2, 0) is 13.0 Å². The van der Waals surface area contributed by atoms with Gasteiger partial charge >= 0.3 is 0 Å². The van der Waals surface area contributed by atoms with E-state index in [0.29, 0.717) is 24.6 Å². The van der Waals surface area contributed by atoms with Crippen molar-refractivity contribution in [3.05, 3.63) is 47.2 Å². The van der Waals surface area contributed by atoms with Crippen LogP contribution in [0, 0.1) is 0 Å². The van der Waals surface area contributed by atoms with Gasteiger partial charge in [-0.25, -0.2) is 15.0 Å². The molecule has 0 aromatic carbocycles. The average molecular weight is 381 g/mol. The molecule has 0 saturated carbocycles. The second-order valence-electron chi connectivity index (χ2n) is 7.49. The summed E-state index contributed by atoms with van der Waals surface area (Å²) in [7, 11) is 2.11. The van der Waals surface area contributed by atoms with Crippen LogP contribution in [-0.4, -0.2) is 57.4 Å². The fraction of sp³-hybridized carbons (Fsp3) is 0.524. The number of ether oxygens (including phenoxy) is 1. The summed E-state index contributed by atoms with van der Waals surface area (Å²) >= 11 is 0. The molecule has 1 amide bonds. The lowest BCUT2D eigenvalue weighted by Crippen LogP contribution is -2.40. The molecule has 1 saturated heterocycles. The number of likely N-dealkylation sites (tertiary alicyclic amines) is 1. The van der Waals surface area contributed by atoms with Crippen molar-refractivity contribution in [3.63, 3.8) is 0 Å². The Hall–Kier alpha value is -2.54. The summed E-state index contributed by atoms with van der Waals surface area (Å²) in [4.78, 5) is 31.3. The normalized spacial score (nSPS) is 19.9. The zero-order chi connectivity index (χ0) is 19.5. The summed E-state index contributed by atoms with van der Waals surface area (Å²) in [5.74, 6) is 1.11. The number of nitrogens with zero attached hydrogens (tertiary/aromatic N) is 5. The highest BCUT2D eigenvalue weighted by atomic mass is 16.5. The first-order chi connectivity index (χ1) is 13.7. The zero-order valence-electron chi connectivity index (χ0n) is 16.6. The monoisotopic (exact) mass is 381 g/mol. The Balaban J connectivity index is 1.63. The summed E-state index contributed by atoms with van der Waals surface area (Å²) < 4.78 is 5.58. The molecule has 7 nitrogen and oxygen atoms in total. The number of fused-ring (bicyclic) bond motifs is 1. The third-order valence-electron chi connectivity index (χ3n) is 5.49. The van der Waals surface area contributed by atoms with Gasteiger partial charge in [0.1, 0.15) is 5.56 Å². The van der Waals surface area contributed by atoms with E-state index in [2.05, 4.69) is 21.9 Å². The predicted octanol–water partition coefficient (Wildman–Crippen LogP) is 2.63. The summed E-state index contributed by atoms with van der Waals surface area (Å²) in [5.41, 5.74) is 2.82. The molecule has 2 aliphatic rings. The number of piperidine rings is 1. The number of pyridine rings is 1. The maximum absolute atomic E-state index is 13.4. The molecule has 28 heavy (non-hydrogen) atoms. The molecule has 1 fully saturated rings. The van der Waals surface area contributed by atoms with E-state index in [-0.39, 0.29) is 11.9 Å². The van der Waals surface area contributed by atoms with Crippen molar-refractivity contribution in [2.75, 3.05) is 26.7 Å². The highest BCUT2D eigenvalue weighted by Gasteiger charge is 2.32. The van der Waals surface area contributed by atoms with Crippen LogP contribution in [0.1, 0.15) is 59.7 Å². The van der Waals surface area contributed by atoms with Crippen LogP contribution < -0.4 is 4.74 Å². The number of carbonyl (C=O) groups is 1. The largest absolute Gasteiger partial charge is 0.477 e. The summed E-state index contributed by atoms with van der Waals surface area (Å²) in [6.07, 6.45) is 7.47. The first kappa shape index (κ1) is 18.8. The molecule has 0 aliphatic carbocycles. The van der Waals surface area contributed by atoms with Gasteiger partial charge in [-0.15, -0.1) is 0 Å². The Morgan fingerprint density at radius 2 is 2.18 bits per heavy atom. The number of hydrogen-bond acceptors (Lipinski definition) is 6. The van der Waals surface area contributed by atoms with Crippen molar-refractivity contribution < 1.29 is 9.53 Å². The fourth-order valence-electron chi connectivity index (χ4n) is 4.04. The SMILES string of the molecule is CCOc1ncccc1C(=O)N1CCCC[C@H]1c1ncc2c(n1)CCN(C)C2. The number of carbonyl (C=O) groups excluding carboxylic acids is 1. The molecule has 2 aromatic heterocycles. The molecule has 4 heterocycles. The molecule has 148 valence electrons. The predicted molar refractivity (Wildman–Crippen MR) is 105 cm³/mol. The first-order valence-electron chi connectivity index (χ1n) is 10.1. The van der Waals surface area contributed by atoms with Crippen LogP contribution in [0.15, 0.2) is 24.5 Å². The van der Waals surface area contributed by atoms with Gasteiger partial charge in [-0.3, -0.25) is 4.79 Å². The molecule has 0 radical (unpaired) electrons. The molecule has 0 spiro atoms. The van der Waals surface area contributed by atoms with E-state index in [1.807, 2.05) is 18.0 Å². The third-order valence-corrected chi connectivity index (χ3v) is 5.49. The quantitative estimate of drug-likeness (QED) is 0.811. The van der Waals surface area contributed by atoms with E-state index in [1.54, 1.807) is 18.3 Å². The van der Waals surface area contributed by atoms with Crippen molar-refractivity contribution >= 4 is 5.91 Å². The van der Waals surface area contributed by atoms with Gasteiger partial charge in [-0.05, 0) is 45.4 Å². The number of rotatable bonds is 4. The highest BCUT2D eigenvalue weighted by molar-refractivity contribution is 5.96. The Morgan fingerprint density at radius 1 is 1.29 bits per heavy atom. The minimum atomic E-state index is -0.0964. The lowest BCUT2D eigenvalue weighted by atomic mass is 9.99. The second-order valence-corrected chi connectivity index (χ2v) is 7.49. The Labute approximate surface area is 165 Å². The summed E-state index contributed by atoms with van der Waals surface area (Å²) in [5, 5.41) is 0. The lowest BCUT2D eigenvalue weighted by molar-refractivity contribution is 0.0594. The molecule has 0 bridgehead atoms. The van der Waals surface area contributed by atoms with Gasteiger partial charge in [-0.1, -0.05) is 0 Å². The number of aromatic nitrogens is 3. The molecule has 4 rings (SSSR count). The van der Waals surface area contributed by atoms with Gasteiger partial charge < -0.3 is 14.5 Å². The van der Waals surface area contributed by atoms with Crippen LogP contribution in [0.5, 0.6) is 5.88 Å². The average Bonchev–Trinajstić information content (AvgIpc) is 2.73. The third kappa shape index (κ3) is 3.71. The Kier molecular flexibility index (Phi) is 5.52. The van der Waals surface area contributed by atoms with E-state index in [9.17, 15) is 4.79 Å². The lowest BCUT2D eigenvalue weighted by Gasteiger charge is -2.35. The zero-order valence-corrected chi connectivity index (χ0v) is 16.6. The van der Waals surface area contributed by atoms with Crippen molar-refractivity contribution in [3.8, 4) is 5.88 Å². The minimum absolute atomic E-state index is 0.0534. The molecular weight excluding hydrogens is 354 g/mol. The van der Waals surface area contributed by atoms with Gasteiger partial charge in [0, 0.05) is 49.7 Å². The van der Waals surface area contributed by atoms with Crippen LogP contribution in [0.25, 0.3) is 0 Å². The fourth-order valence-corrected chi connectivity index (χ4v) is 4.04. The molecular formula is C21H27N5O2. The number of likely N-dealkylation sites (N-methyl/N-ethyl adjacent to an activating group) is 1. The van der Waals surface area contributed by atoms with Crippen molar-refractivity contribution in [2.45, 2.75) is 45.2 Å². The van der Waals surface area contributed by atoms with Gasteiger partial charge in [0.25, 0.3) is 5.91 Å². The second kappa shape index (κ2) is 8.22. The molecule has 2 aliphatic heterocycles. The minimum Gasteiger partial charge on any atom is -0.477 e. The molecule has 2 aromatic rings. The maximum Gasteiger partial charge on any atom is 0.259 e. The van der Waals surface area contributed by atoms with Gasteiger partial charge in [0.15, 0.2) is 5.82 Å².